The molecule has 0 radical (unpaired) electrons. The van der Waals surface area contributed by atoms with Crippen LogP contribution in [0.3, 0.4) is 0 Å². The molecule has 17 heavy (non-hydrogen) atoms. The lowest BCUT2D eigenvalue weighted by Gasteiger charge is -2.16. The lowest BCUT2D eigenvalue weighted by atomic mass is 9.98. The first-order chi connectivity index (χ1) is 8.09. The monoisotopic (exact) mass is 294 g/mol. The van der Waals surface area contributed by atoms with E-state index in [0.717, 1.165) is 16.7 Å². The predicted octanol–water partition coefficient (Wildman–Crippen LogP) is 3.34. The van der Waals surface area contributed by atoms with Crippen molar-refractivity contribution < 1.29 is 4.39 Å². The summed E-state index contributed by atoms with van der Waals surface area (Å²) in [6.45, 7) is 1.98. The molecule has 0 bridgehead atoms. The van der Waals surface area contributed by atoms with Crippen LogP contribution >= 0.6 is 15.9 Å². The van der Waals surface area contributed by atoms with Gasteiger partial charge in [-0.3, -0.25) is 4.98 Å². The first kappa shape index (κ1) is 12.2. The molecule has 88 valence electrons. The molecule has 4 heteroatoms. The van der Waals surface area contributed by atoms with Gasteiger partial charge in [0.2, 0.25) is 0 Å². The largest absolute Gasteiger partial charge is 0.320 e. The number of hydrogen-bond donors (Lipinski definition) is 1. The third-order valence-corrected chi connectivity index (χ3v) is 3.40. The van der Waals surface area contributed by atoms with Gasteiger partial charge >= 0.3 is 0 Å². The molecule has 0 aliphatic heterocycles. The van der Waals surface area contributed by atoms with E-state index in [-0.39, 0.29) is 11.9 Å². The lowest BCUT2D eigenvalue weighted by Crippen LogP contribution is -2.14. The number of nitrogens with two attached hydrogens (primary N) is 1. The number of aromatic nitrogens is 1. The summed E-state index contributed by atoms with van der Waals surface area (Å²) >= 11 is 3.33. The second kappa shape index (κ2) is 4.94. The van der Waals surface area contributed by atoms with Crippen molar-refractivity contribution in [1.29, 1.82) is 0 Å². The Balaban J connectivity index is 2.44. The highest BCUT2D eigenvalue weighted by atomic mass is 79.9. The average molecular weight is 295 g/mol. The predicted molar refractivity (Wildman–Crippen MR) is 69.1 cm³/mol. The minimum absolute atomic E-state index is 0.282. The van der Waals surface area contributed by atoms with Gasteiger partial charge in [0.15, 0.2) is 0 Å². The van der Waals surface area contributed by atoms with E-state index in [1.807, 2.05) is 13.0 Å². The van der Waals surface area contributed by atoms with Crippen LogP contribution in [0.5, 0.6) is 0 Å². The fourth-order valence-corrected chi connectivity index (χ4v) is 2.32. The Hall–Kier alpha value is -1.26. The SMILES string of the molecule is Cc1ccncc1C(N)c1ccc(F)cc1Br. The molecule has 2 nitrogen and oxygen atoms in total. The summed E-state index contributed by atoms with van der Waals surface area (Å²) in [6, 6.07) is 6.12. The molecule has 1 unspecified atom stereocenters. The van der Waals surface area contributed by atoms with E-state index in [1.165, 1.54) is 12.1 Å². The van der Waals surface area contributed by atoms with Gasteiger partial charge in [-0.05, 0) is 41.8 Å². The van der Waals surface area contributed by atoms with Gasteiger partial charge in [-0.15, -0.1) is 0 Å². The van der Waals surface area contributed by atoms with Gasteiger partial charge in [0, 0.05) is 16.9 Å². The van der Waals surface area contributed by atoms with Gasteiger partial charge in [-0.2, -0.15) is 0 Å². The molecule has 1 aromatic carbocycles. The van der Waals surface area contributed by atoms with Crippen LogP contribution in [0.2, 0.25) is 0 Å². The van der Waals surface area contributed by atoms with E-state index in [0.29, 0.717) is 4.47 Å². The lowest BCUT2D eigenvalue weighted by molar-refractivity contribution is 0.625. The molecular formula is C13H12BrFN2. The molecule has 1 atom stereocenters. The Bertz CT molecular complexity index is 543. The van der Waals surface area contributed by atoms with Gasteiger partial charge < -0.3 is 5.73 Å². The fraction of sp³-hybridized carbons (Fsp3) is 0.154. The quantitative estimate of drug-likeness (QED) is 0.923. The molecule has 0 fully saturated rings. The molecule has 2 rings (SSSR count). The van der Waals surface area contributed by atoms with Crippen molar-refractivity contribution in [1.82, 2.24) is 4.98 Å². The highest BCUT2D eigenvalue weighted by molar-refractivity contribution is 9.10. The van der Waals surface area contributed by atoms with Crippen molar-refractivity contribution in [2.24, 2.45) is 5.73 Å². The maximum atomic E-state index is 13.0. The van der Waals surface area contributed by atoms with Crippen LogP contribution in [-0.4, -0.2) is 4.98 Å². The minimum atomic E-state index is -0.307. The van der Waals surface area contributed by atoms with Crippen LogP contribution in [0.25, 0.3) is 0 Å². The summed E-state index contributed by atoms with van der Waals surface area (Å²) < 4.78 is 13.7. The molecule has 2 N–H and O–H groups in total. The van der Waals surface area contributed by atoms with Gasteiger partial charge in [0.25, 0.3) is 0 Å². The van der Waals surface area contributed by atoms with Crippen molar-refractivity contribution in [2.45, 2.75) is 13.0 Å². The Morgan fingerprint density at radius 2 is 2.06 bits per heavy atom. The van der Waals surface area contributed by atoms with Gasteiger partial charge in [-0.1, -0.05) is 22.0 Å². The normalized spacial score (nSPS) is 12.5. The fourth-order valence-electron chi connectivity index (χ4n) is 1.72. The number of benzene rings is 1. The standard InChI is InChI=1S/C13H12BrFN2/c1-8-4-5-17-7-11(8)13(16)10-3-2-9(15)6-12(10)14/h2-7,13H,16H2,1H3. The average Bonchev–Trinajstić information content (AvgIpc) is 2.29. The number of nitrogens with zero attached hydrogens (tertiary/aromatic N) is 1. The number of hydrogen-bond acceptors (Lipinski definition) is 2. The summed E-state index contributed by atoms with van der Waals surface area (Å²) in [4.78, 5) is 4.07. The van der Waals surface area contributed by atoms with Crippen LogP contribution in [0.15, 0.2) is 41.1 Å². The molecule has 0 aliphatic carbocycles. The molecule has 0 spiro atoms. The maximum absolute atomic E-state index is 13.0. The molecule has 2 aromatic rings. The molecule has 0 amide bonds. The number of aryl methyl sites for hydroxylation is 1. The van der Waals surface area contributed by atoms with Gasteiger partial charge in [0.1, 0.15) is 5.82 Å². The van der Waals surface area contributed by atoms with Gasteiger partial charge in [0.05, 0.1) is 6.04 Å². The summed E-state index contributed by atoms with van der Waals surface area (Å²) in [7, 11) is 0. The van der Waals surface area contributed by atoms with Crippen molar-refractivity contribution in [3.05, 3.63) is 63.6 Å². The van der Waals surface area contributed by atoms with Crippen LogP contribution in [0, 0.1) is 12.7 Å². The van der Waals surface area contributed by atoms with E-state index in [9.17, 15) is 4.39 Å². The van der Waals surface area contributed by atoms with Gasteiger partial charge in [-0.25, -0.2) is 4.39 Å². The van der Waals surface area contributed by atoms with E-state index in [4.69, 9.17) is 5.73 Å². The summed E-state index contributed by atoms with van der Waals surface area (Å²) in [5, 5.41) is 0. The minimum Gasteiger partial charge on any atom is -0.320 e. The Morgan fingerprint density at radius 1 is 1.29 bits per heavy atom. The Labute approximate surface area is 108 Å². The first-order valence-corrected chi connectivity index (χ1v) is 6.00. The van der Waals surface area contributed by atoms with Crippen molar-refractivity contribution in [2.75, 3.05) is 0 Å². The molecule has 0 saturated carbocycles. The summed E-state index contributed by atoms with van der Waals surface area (Å²) in [5.74, 6) is -0.282. The van der Waals surface area contributed by atoms with Crippen molar-refractivity contribution in [3.63, 3.8) is 0 Å². The second-order valence-corrected chi connectivity index (χ2v) is 4.73. The van der Waals surface area contributed by atoms with Crippen LogP contribution in [0.1, 0.15) is 22.7 Å². The smallest absolute Gasteiger partial charge is 0.124 e. The zero-order valence-corrected chi connectivity index (χ0v) is 10.9. The summed E-state index contributed by atoms with van der Waals surface area (Å²) in [5.41, 5.74) is 9.04. The van der Waals surface area contributed by atoms with E-state index in [1.54, 1.807) is 18.5 Å². The first-order valence-electron chi connectivity index (χ1n) is 5.20. The third kappa shape index (κ3) is 2.53. The molecule has 1 heterocycles. The maximum Gasteiger partial charge on any atom is 0.124 e. The van der Waals surface area contributed by atoms with Crippen molar-refractivity contribution in [3.8, 4) is 0 Å². The molecule has 1 aromatic heterocycles. The zero-order chi connectivity index (χ0) is 12.4. The highest BCUT2D eigenvalue weighted by Crippen LogP contribution is 2.28. The van der Waals surface area contributed by atoms with E-state index >= 15 is 0 Å². The number of halogens is 2. The summed E-state index contributed by atoms with van der Waals surface area (Å²) in [6.07, 6.45) is 3.47. The van der Waals surface area contributed by atoms with E-state index in [2.05, 4.69) is 20.9 Å². The Kier molecular flexibility index (Phi) is 3.54. The topological polar surface area (TPSA) is 38.9 Å². The van der Waals surface area contributed by atoms with E-state index < -0.39 is 0 Å². The zero-order valence-electron chi connectivity index (χ0n) is 9.32. The second-order valence-electron chi connectivity index (χ2n) is 3.88. The third-order valence-electron chi connectivity index (χ3n) is 2.71. The molecule has 0 saturated heterocycles. The number of rotatable bonds is 2. The van der Waals surface area contributed by atoms with Crippen LogP contribution in [-0.2, 0) is 0 Å². The van der Waals surface area contributed by atoms with Crippen molar-refractivity contribution >= 4 is 15.9 Å². The van der Waals surface area contributed by atoms with Crippen LogP contribution in [0.4, 0.5) is 4.39 Å². The Morgan fingerprint density at radius 3 is 2.71 bits per heavy atom. The van der Waals surface area contributed by atoms with Crippen LogP contribution < -0.4 is 5.73 Å². The highest BCUT2D eigenvalue weighted by Gasteiger charge is 2.14. The molecular weight excluding hydrogens is 283 g/mol. The molecule has 0 aliphatic rings. The number of pyridine rings is 1.